The molecule has 0 bridgehead atoms. The van der Waals surface area contributed by atoms with E-state index in [4.69, 9.17) is 4.74 Å². The van der Waals surface area contributed by atoms with Gasteiger partial charge in [-0.25, -0.2) is 4.98 Å². The maximum absolute atomic E-state index is 11.9. The lowest BCUT2D eigenvalue weighted by atomic mass is 10.1. The summed E-state index contributed by atoms with van der Waals surface area (Å²) in [5, 5.41) is 6.51. The third-order valence-corrected chi connectivity index (χ3v) is 4.23. The molecule has 2 N–H and O–H groups in total. The fraction of sp³-hybridized carbons (Fsp3) is 0.643. The number of aryl methyl sites for hydroxylation is 1. The number of thiazole rings is 1. The molecule has 1 aromatic heterocycles. The maximum Gasteiger partial charge on any atom is 0.315 e. The van der Waals surface area contributed by atoms with Crippen molar-refractivity contribution in [1.82, 2.24) is 10.3 Å². The topological polar surface area (TPSA) is 80.3 Å². The maximum atomic E-state index is 11.9. The van der Waals surface area contributed by atoms with Gasteiger partial charge in [0.05, 0.1) is 18.8 Å². The van der Waals surface area contributed by atoms with Gasteiger partial charge in [-0.2, -0.15) is 0 Å². The molecular weight excluding hydrogens is 290 g/mol. The molecule has 21 heavy (non-hydrogen) atoms. The largest absolute Gasteiger partial charge is 0.465 e. The van der Waals surface area contributed by atoms with Crippen LogP contribution < -0.4 is 10.6 Å². The average Bonchev–Trinajstić information content (AvgIpc) is 2.94. The van der Waals surface area contributed by atoms with Gasteiger partial charge in [-0.05, 0) is 33.6 Å². The van der Waals surface area contributed by atoms with Crippen molar-refractivity contribution in [3.8, 4) is 0 Å². The van der Waals surface area contributed by atoms with E-state index in [0.29, 0.717) is 11.7 Å². The summed E-state index contributed by atoms with van der Waals surface area (Å²) in [4.78, 5) is 29.0. The number of nitrogens with zero attached hydrogens (tertiary/aromatic N) is 1. The molecule has 1 aliphatic rings. The van der Waals surface area contributed by atoms with Crippen LogP contribution in [-0.2, 0) is 20.7 Å². The van der Waals surface area contributed by atoms with Crippen LogP contribution in [0.15, 0.2) is 0 Å². The number of amides is 1. The van der Waals surface area contributed by atoms with Crippen LogP contribution in [0.25, 0.3) is 0 Å². The van der Waals surface area contributed by atoms with Crippen LogP contribution in [-0.4, -0.2) is 36.1 Å². The number of carbonyl (C=O) groups excluding carboxylic acids is 2. The first-order valence-electron chi connectivity index (χ1n) is 7.20. The lowest BCUT2D eigenvalue weighted by Crippen LogP contribution is -2.34. The second-order valence-electron chi connectivity index (χ2n) is 5.25. The summed E-state index contributed by atoms with van der Waals surface area (Å²) < 4.78 is 5.08. The highest BCUT2D eigenvalue weighted by Crippen LogP contribution is 2.38. The number of hydrogen-bond acceptors (Lipinski definition) is 6. The number of ether oxygens (including phenoxy) is 1. The molecule has 1 atom stereocenters. The van der Waals surface area contributed by atoms with Gasteiger partial charge in [-0.1, -0.05) is 0 Å². The molecule has 6 nitrogen and oxygen atoms in total. The Morgan fingerprint density at radius 2 is 2.24 bits per heavy atom. The molecule has 1 heterocycles. The zero-order chi connectivity index (χ0) is 15.4. The van der Waals surface area contributed by atoms with E-state index in [1.165, 1.54) is 11.3 Å². The van der Waals surface area contributed by atoms with Crippen LogP contribution in [0, 0.1) is 0 Å². The Labute approximate surface area is 128 Å². The summed E-state index contributed by atoms with van der Waals surface area (Å²) >= 11 is 1.51. The van der Waals surface area contributed by atoms with E-state index < -0.39 is 0 Å². The third-order valence-electron chi connectivity index (χ3n) is 3.14. The van der Waals surface area contributed by atoms with Crippen LogP contribution in [0.4, 0.5) is 5.13 Å². The fourth-order valence-electron chi connectivity index (χ4n) is 2.30. The highest BCUT2D eigenvalue weighted by molar-refractivity contribution is 7.15. The van der Waals surface area contributed by atoms with Crippen molar-refractivity contribution in [3.05, 3.63) is 10.6 Å². The van der Waals surface area contributed by atoms with Crippen molar-refractivity contribution in [3.63, 3.8) is 0 Å². The van der Waals surface area contributed by atoms with Gasteiger partial charge in [0, 0.05) is 10.9 Å². The quantitative estimate of drug-likeness (QED) is 0.781. The van der Waals surface area contributed by atoms with Crippen LogP contribution >= 0.6 is 11.3 Å². The van der Waals surface area contributed by atoms with E-state index in [1.54, 1.807) is 6.92 Å². The van der Waals surface area contributed by atoms with E-state index in [-0.39, 0.29) is 30.4 Å². The smallest absolute Gasteiger partial charge is 0.315 e. The summed E-state index contributed by atoms with van der Waals surface area (Å²) in [7, 11) is 0. The standard InChI is InChI=1S/C14H21N3O3S/c1-4-20-13(19)9-5-6-10-12(9)17-14(21-10)15-7-11(18)16-8(2)3/h8-9H,4-7H2,1-3H3,(H,15,17)(H,16,18). The van der Waals surface area contributed by atoms with E-state index in [9.17, 15) is 9.59 Å². The number of esters is 1. The fourth-order valence-corrected chi connectivity index (χ4v) is 3.34. The first-order valence-corrected chi connectivity index (χ1v) is 8.02. The number of rotatable bonds is 6. The molecule has 1 amide bonds. The van der Waals surface area contributed by atoms with E-state index in [2.05, 4.69) is 15.6 Å². The number of fused-ring (bicyclic) bond motifs is 1. The highest BCUT2D eigenvalue weighted by atomic mass is 32.1. The molecule has 1 unspecified atom stereocenters. The molecule has 0 spiro atoms. The SMILES string of the molecule is CCOC(=O)C1CCc2sc(NCC(=O)NC(C)C)nc21. The van der Waals surface area contributed by atoms with Gasteiger partial charge in [0.1, 0.15) is 5.92 Å². The zero-order valence-electron chi connectivity index (χ0n) is 12.6. The molecule has 116 valence electrons. The molecule has 2 rings (SSSR count). The molecule has 0 saturated carbocycles. The lowest BCUT2D eigenvalue weighted by Gasteiger charge is -2.09. The molecule has 7 heteroatoms. The third kappa shape index (κ3) is 3.93. The molecule has 0 fully saturated rings. The summed E-state index contributed by atoms with van der Waals surface area (Å²) in [6.07, 6.45) is 1.61. The molecule has 0 saturated heterocycles. The second-order valence-corrected chi connectivity index (χ2v) is 6.33. The first kappa shape index (κ1) is 15.8. The minimum atomic E-state index is -0.253. The van der Waals surface area contributed by atoms with Crippen LogP contribution in [0.1, 0.15) is 43.7 Å². The monoisotopic (exact) mass is 311 g/mol. The summed E-state index contributed by atoms with van der Waals surface area (Å²) in [5.41, 5.74) is 0.810. The summed E-state index contributed by atoms with van der Waals surface area (Å²) in [5.74, 6) is -0.524. The number of aromatic nitrogens is 1. The van der Waals surface area contributed by atoms with Crippen LogP contribution in [0.5, 0.6) is 0 Å². The molecule has 0 radical (unpaired) electrons. The van der Waals surface area contributed by atoms with Crippen LogP contribution in [0.2, 0.25) is 0 Å². The molecular formula is C14H21N3O3S. The molecule has 1 aliphatic carbocycles. The minimum Gasteiger partial charge on any atom is -0.465 e. The van der Waals surface area contributed by atoms with Crippen molar-refractivity contribution in [2.45, 2.75) is 45.6 Å². The van der Waals surface area contributed by atoms with Crippen molar-refractivity contribution >= 4 is 28.3 Å². The molecule has 0 aromatic carbocycles. The van der Waals surface area contributed by atoms with Crippen molar-refractivity contribution < 1.29 is 14.3 Å². The lowest BCUT2D eigenvalue weighted by molar-refractivity contribution is -0.145. The highest BCUT2D eigenvalue weighted by Gasteiger charge is 2.33. The number of nitrogens with one attached hydrogen (secondary N) is 2. The average molecular weight is 311 g/mol. The predicted molar refractivity (Wildman–Crippen MR) is 81.6 cm³/mol. The Balaban J connectivity index is 1.95. The van der Waals surface area contributed by atoms with Gasteiger partial charge in [0.25, 0.3) is 0 Å². The van der Waals surface area contributed by atoms with Crippen molar-refractivity contribution in [2.24, 2.45) is 0 Å². The normalized spacial score (nSPS) is 16.7. The minimum absolute atomic E-state index is 0.0673. The Morgan fingerprint density at radius 1 is 1.48 bits per heavy atom. The molecule has 1 aromatic rings. The second kappa shape index (κ2) is 6.89. The number of hydrogen-bond donors (Lipinski definition) is 2. The van der Waals surface area contributed by atoms with E-state index >= 15 is 0 Å². The molecule has 0 aliphatic heterocycles. The zero-order valence-corrected chi connectivity index (χ0v) is 13.4. The first-order chi connectivity index (χ1) is 10.0. The van der Waals surface area contributed by atoms with E-state index in [0.717, 1.165) is 23.4 Å². The van der Waals surface area contributed by atoms with Crippen molar-refractivity contribution in [2.75, 3.05) is 18.5 Å². The Kier molecular flexibility index (Phi) is 5.17. The Bertz CT molecular complexity index is 528. The summed E-state index contributed by atoms with van der Waals surface area (Å²) in [6.45, 7) is 6.21. The van der Waals surface area contributed by atoms with E-state index in [1.807, 2.05) is 13.8 Å². The van der Waals surface area contributed by atoms with Gasteiger partial charge in [0.15, 0.2) is 5.13 Å². The predicted octanol–water partition coefficient (Wildman–Crippen LogP) is 1.67. The van der Waals surface area contributed by atoms with Gasteiger partial charge in [-0.3, -0.25) is 9.59 Å². The van der Waals surface area contributed by atoms with Gasteiger partial charge in [0.2, 0.25) is 5.91 Å². The Hall–Kier alpha value is -1.63. The number of anilines is 1. The van der Waals surface area contributed by atoms with Crippen molar-refractivity contribution in [1.29, 1.82) is 0 Å². The van der Waals surface area contributed by atoms with Gasteiger partial charge >= 0.3 is 5.97 Å². The summed E-state index contributed by atoms with van der Waals surface area (Å²) in [6, 6.07) is 0.119. The number of carbonyl (C=O) groups is 2. The van der Waals surface area contributed by atoms with Gasteiger partial charge in [-0.15, -0.1) is 11.3 Å². The van der Waals surface area contributed by atoms with Gasteiger partial charge < -0.3 is 15.4 Å². The Morgan fingerprint density at radius 3 is 2.90 bits per heavy atom. The van der Waals surface area contributed by atoms with Crippen LogP contribution in [0.3, 0.4) is 0 Å².